The molecule has 0 spiro atoms. The van der Waals surface area contributed by atoms with Gasteiger partial charge in [0.15, 0.2) is 0 Å². The maximum atomic E-state index is 13.9. The van der Waals surface area contributed by atoms with Gasteiger partial charge in [0.25, 0.3) is 0 Å². The topological polar surface area (TPSA) is 59.1 Å². The van der Waals surface area contributed by atoms with Crippen LogP contribution in [0.25, 0.3) is 0 Å². The summed E-state index contributed by atoms with van der Waals surface area (Å²) in [5, 5.41) is 0. The number of benzene rings is 2. The Morgan fingerprint density at radius 2 is 1.42 bits per heavy atom. The van der Waals surface area contributed by atoms with Crippen LogP contribution < -0.4 is 14.4 Å². The first-order valence-electron chi connectivity index (χ1n) is 11.8. The lowest BCUT2D eigenvalue weighted by Gasteiger charge is -2.44. The third-order valence-electron chi connectivity index (χ3n) is 6.90. The molecule has 0 bridgehead atoms. The number of carbonyl (C=O) groups is 2. The summed E-state index contributed by atoms with van der Waals surface area (Å²) in [7, 11) is 3.25. The third kappa shape index (κ3) is 4.85. The summed E-state index contributed by atoms with van der Waals surface area (Å²) in [4.78, 5) is 31.0. The summed E-state index contributed by atoms with van der Waals surface area (Å²) >= 11 is 0. The van der Waals surface area contributed by atoms with Crippen LogP contribution in [0.5, 0.6) is 11.5 Å². The van der Waals surface area contributed by atoms with E-state index >= 15 is 0 Å². The highest BCUT2D eigenvalue weighted by atomic mass is 16.5. The molecule has 2 aromatic carbocycles. The average Bonchev–Trinajstić information content (AvgIpc) is 2.83. The van der Waals surface area contributed by atoms with Crippen molar-refractivity contribution in [3.8, 4) is 11.5 Å². The van der Waals surface area contributed by atoms with Gasteiger partial charge in [-0.05, 0) is 66.6 Å². The summed E-state index contributed by atoms with van der Waals surface area (Å²) in [6.45, 7) is 5.99. The molecule has 4 atom stereocenters. The van der Waals surface area contributed by atoms with E-state index in [4.69, 9.17) is 9.47 Å². The zero-order chi connectivity index (χ0) is 23.5. The second-order valence-corrected chi connectivity index (χ2v) is 9.51. The quantitative estimate of drug-likeness (QED) is 0.663. The van der Waals surface area contributed by atoms with Gasteiger partial charge < -0.3 is 19.3 Å². The number of hydrogen-bond donors (Lipinski definition) is 0. The van der Waals surface area contributed by atoms with E-state index in [1.54, 1.807) is 14.2 Å². The van der Waals surface area contributed by atoms with Crippen LogP contribution in [0.4, 0.5) is 5.69 Å². The van der Waals surface area contributed by atoms with Gasteiger partial charge in [-0.1, -0.05) is 26.0 Å². The first kappa shape index (κ1) is 23.1. The lowest BCUT2D eigenvalue weighted by atomic mass is 9.81. The van der Waals surface area contributed by atoms with E-state index in [-0.39, 0.29) is 23.8 Å². The van der Waals surface area contributed by atoms with Crippen LogP contribution >= 0.6 is 0 Å². The Balaban J connectivity index is 1.73. The van der Waals surface area contributed by atoms with E-state index in [0.717, 1.165) is 42.3 Å². The molecule has 4 rings (SSSR count). The molecule has 6 nitrogen and oxygen atoms in total. The summed E-state index contributed by atoms with van der Waals surface area (Å²) in [5.41, 5.74) is 1.72. The first-order chi connectivity index (χ1) is 15.9. The molecule has 2 heterocycles. The molecule has 33 heavy (non-hydrogen) atoms. The number of rotatable bonds is 5. The first-order valence-corrected chi connectivity index (χ1v) is 11.8. The Hall–Kier alpha value is -3.02. The fourth-order valence-electron chi connectivity index (χ4n) is 5.46. The van der Waals surface area contributed by atoms with Crippen molar-refractivity contribution in [3.63, 3.8) is 0 Å². The normalized spacial score (nSPS) is 25.6. The summed E-state index contributed by atoms with van der Waals surface area (Å²) < 4.78 is 10.6. The number of methoxy groups -OCH3 is 2. The number of hydrogen-bond acceptors (Lipinski definition) is 4. The van der Waals surface area contributed by atoms with Crippen LogP contribution in [0.15, 0.2) is 48.5 Å². The van der Waals surface area contributed by atoms with E-state index in [1.807, 2.05) is 58.3 Å². The Bertz CT molecular complexity index is 963. The molecule has 2 aromatic rings. The lowest BCUT2D eigenvalue weighted by molar-refractivity contribution is -0.141. The molecule has 0 aromatic heterocycles. The number of anilines is 1. The molecule has 176 valence electrons. The molecular weight excluding hydrogens is 416 g/mol. The SMILES string of the molecule is COc1ccc([C@@H]2[C@H](C(=O)N3C[C@@H](C)C[C@H](C)C3)CCC(=O)N2c2ccc(OC)cc2)cc1. The smallest absolute Gasteiger partial charge is 0.228 e. The van der Waals surface area contributed by atoms with E-state index in [9.17, 15) is 9.59 Å². The second kappa shape index (κ2) is 9.86. The summed E-state index contributed by atoms with van der Waals surface area (Å²) in [6.07, 6.45) is 2.06. The van der Waals surface area contributed by atoms with Gasteiger partial charge in [0, 0.05) is 25.2 Å². The predicted octanol–water partition coefficient (Wildman–Crippen LogP) is 4.69. The van der Waals surface area contributed by atoms with E-state index < -0.39 is 0 Å². The second-order valence-electron chi connectivity index (χ2n) is 9.51. The van der Waals surface area contributed by atoms with Crippen molar-refractivity contribution in [3.05, 3.63) is 54.1 Å². The fraction of sp³-hybridized carbons (Fsp3) is 0.481. The molecule has 2 saturated heterocycles. The molecule has 0 aliphatic carbocycles. The highest BCUT2D eigenvalue weighted by Gasteiger charge is 2.43. The summed E-state index contributed by atoms with van der Waals surface area (Å²) in [6, 6.07) is 14.9. The number of likely N-dealkylation sites (tertiary alicyclic amines) is 1. The number of piperidine rings is 2. The molecule has 0 N–H and O–H groups in total. The van der Waals surface area contributed by atoms with Gasteiger partial charge in [-0.25, -0.2) is 0 Å². The van der Waals surface area contributed by atoms with Gasteiger partial charge >= 0.3 is 0 Å². The van der Waals surface area contributed by atoms with E-state index in [0.29, 0.717) is 24.7 Å². The Morgan fingerprint density at radius 1 is 0.879 bits per heavy atom. The van der Waals surface area contributed by atoms with E-state index in [2.05, 4.69) is 13.8 Å². The van der Waals surface area contributed by atoms with Crippen molar-refractivity contribution in [1.29, 1.82) is 0 Å². The van der Waals surface area contributed by atoms with Gasteiger partial charge in [0.1, 0.15) is 11.5 Å². The van der Waals surface area contributed by atoms with Crippen molar-refractivity contribution >= 4 is 17.5 Å². The molecule has 0 unspecified atom stereocenters. The molecule has 0 saturated carbocycles. The predicted molar refractivity (Wildman–Crippen MR) is 128 cm³/mol. The molecular formula is C27H34N2O4. The van der Waals surface area contributed by atoms with Crippen molar-refractivity contribution in [2.45, 2.75) is 39.2 Å². The third-order valence-corrected chi connectivity index (χ3v) is 6.90. The minimum absolute atomic E-state index is 0.0328. The zero-order valence-corrected chi connectivity index (χ0v) is 20.0. The average molecular weight is 451 g/mol. The van der Waals surface area contributed by atoms with Gasteiger partial charge in [-0.2, -0.15) is 0 Å². The Labute approximate surface area is 196 Å². The van der Waals surface area contributed by atoms with Crippen LogP contribution in [-0.4, -0.2) is 44.0 Å². The van der Waals surface area contributed by atoms with Gasteiger partial charge in [0.2, 0.25) is 11.8 Å². The minimum atomic E-state index is -0.370. The Morgan fingerprint density at radius 3 is 1.97 bits per heavy atom. The van der Waals surface area contributed by atoms with Crippen molar-refractivity contribution < 1.29 is 19.1 Å². The van der Waals surface area contributed by atoms with Crippen LogP contribution in [0, 0.1) is 17.8 Å². The number of amides is 2. The minimum Gasteiger partial charge on any atom is -0.497 e. The van der Waals surface area contributed by atoms with Crippen LogP contribution in [0.1, 0.15) is 44.7 Å². The monoisotopic (exact) mass is 450 g/mol. The molecule has 2 fully saturated rings. The molecule has 2 aliphatic rings. The maximum Gasteiger partial charge on any atom is 0.228 e. The Kier molecular flexibility index (Phi) is 6.91. The van der Waals surface area contributed by atoms with Gasteiger partial charge in [-0.15, -0.1) is 0 Å². The highest BCUT2D eigenvalue weighted by Crippen LogP contribution is 2.42. The molecule has 2 aliphatic heterocycles. The van der Waals surface area contributed by atoms with E-state index in [1.165, 1.54) is 0 Å². The van der Waals surface area contributed by atoms with Crippen LogP contribution in [-0.2, 0) is 9.59 Å². The molecule has 6 heteroatoms. The number of carbonyl (C=O) groups excluding carboxylic acids is 2. The maximum absolute atomic E-state index is 13.9. The fourth-order valence-corrected chi connectivity index (χ4v) is 5.46. The van der Waals surface area contributed by atoms with Crippen LogP contribution in [0.3, 0.4) is 0 Å². The van der Waals surface area contributed by atoms with Crippen molar-refractivity contribution in [2.75, 3.05) is 32.2 Å². The number of ether oxygens (including phenoxy) is 2. The largest absolute Gasteiger partial charge is 0.497 e. The molecule has 2 amide bonds. The van der Waals surface area contributed by atoms with Gasteiger partial charge in [0.05, 0.1) is 26.2 Å². The molecule has 0 radical (unpaired) electrons. The standard InChI is InChI=1S/C27H34N2O4/c1-18-15-19(2)17-28(16-18)27(31)24-13-14-25(30)29(21-7-11-23(33-4)12-8-21)26(24)20-5-9-22(32-3)10-6-20/h5-12,18-19,24,26H,13-17H2,1-4H3/t18-,19-,24+,26+/m0/s1. The number of nitrogens with zero attached hydrogens (tertiary/aromatic N) is 2. The van der Waals surface area contributed by atoms with Crippen molar-refractivity contribution in [2.24, 2.45) is 17.8 Å². The summed E-state index contributed by atoms with van der Waals surface area (Å²) in [5.74, 6) is 2.34. The zero-order valence-electron chi connectivity index (χ0n) is 20.0. The van der Waals surface area contributed by atoms with Gasteiger partial charge in [-0.3, -0.25) is 9.59 Å². The van der Waals surface area contributed by atoms with Crippen molar-refractivity contribution in [1.82, 2.24) is 4.90 Å². The van der Waals surface area contributed by atoms with Crippen LogP contribution in [0.2, 0.25) is 0 Å². The highest BCUT2D eigenvalue weighted by molar-refractivity contribution is 5.97. The lowest BCUT2D eigenvalue weighted by Crippen LogP contribution is -2.52.